The molecule has 0 rings (SSSR count). The Morgan fingerprint density at radius 2 is 1.48 bits per heavy atom. The number of hydrogen-bond donors (Lipinski definition) is 2. The molecule has 126 valence electrons. The molecule has 0 aromatic rings. The molecule has 0 saturated heterocycles. The van der Waals surface area contributed by atoms with Crippen molar-refractivity contribution in [2.45, 2.75) is 53.0 Å². The largest absolute Gasteiger partial charge is 0.379 e. The van der Waals surface area contributed by atoms with Crippen LogP contribution >= 0.6 is 0 Å². The van der Waals surface area contributed by atoms with E-state index >= 15 is 0 Å². The molecule has 0 aromatic carbocycles. The first-order valence-corrected chi connectivity index (χ1v) is 8.18. The molecule has 0 atom stereocenters. The molecule has 0 aliphatic carbocycles. The van der Waals surface area contributed by atoms with Crippen molar-refractivity contribution in [2.24, 2.45) is 5.92 Å². The van der Waals surface area contributed by atoms with Gasteiger partial charge in [0, 0.05) is 32.2 Å². The van der Waals surface area contributed by atoms with E-state index in [9.17, 15) is 4.79 Å². The average Bonchev–Trinajstić information content (AvgIpc) is 2.38. The third kappa shape index (κ3) is 17.3. The predicted octanol–water partition coefficient (Wildman–Crippen LogP) is 1.96. The topological polar surface area (TPSA) is 59.6 Å². The minimum absolute atomic E-state index is 0.128. The lowest BCUT2D eigenvalue weighted by Gasteiger charge is -2.09. The maximum absolute atomic E-state index is 11.4. The quantitative estimate of drug-likeness (QED) is 0.482. The fourth-order valence-corrected chi connectivity index (χ4v) is 1.73. The molecule has 5 nitrogen and oxygen atoms in total. The number of hydrogen-bond acceptors (Lipinski definition) is 4. The van der Waals surface area contributed by atoms with Gasteiger partial charge in [-0.15, -0.1) is 0 Å². The first-order chi connectivity index (χ1) is 10.0. The van der Waals surface area contributed by atoms with Gasteiger partial charge in [0.15, 0.2) is 0 Å². The molecule has 0 radical (unpaired) electrons. The van der Waals surface area contributed by atoms with Gasteiger partial charge in [-0.05, 0) is 25.3 Å². The van der Waals surface area contributed by atoms with Crippen molar-refractivity contribution in [2.75, 3.05) is 39.5 Å². The van der Waals surface area contributed by atoms with Crippen molar-refractivity contribution in [1.29, 1.82) is 0 Å². The van der Waals surface area contributed by atoms with E-state index in [-0.39, 0.29) is 5.91 Å². The first-order valence-electron chi connectivity index (χ1n) is 8.18. The van der Waals surface area contributed by atoms with Crippen LogP contribution in [0.25, 0.3) is 0 Å². The Bertz CT molecular complexity index is 246. The van der Waals surface area contributed by atoms with Crippen molar-refractivity contribution in [3.05, 3.63) is 0 Å². The smallest absolute Gasteiger partial charge is 0.220 e. The van der Waals surface area contributed by atoms with Gasteiger partial charge in [-0.2, -0.15) is 0 Å². The Kier molecular flexibility index (Phi) is 13.9. The van der Waals surface area contributed by atoms with Gasteiger partial charge in [0.2, 0.25) is 5.91 Å². The van der Waals surface area contributed by atoms with E-state index in [2.05, 4.69) is 24.5 Å². The lowest BCUT2D eigenvalue weighted by atomic mass is 10.1. The summed E-state index contributed by atoms with van der Waals surface area (Å²) in [7, 11) is 0. The number of ether oxygens (including phenoxy) is 2. The summed E-state index contributed by atoms with van der Waals surface area (Å²) in [6.45, 7) is 12.7. The standard InChI is InChI=1S/C16H34N2O3/c1-14(2)13-16(19)18-8-6-10-21-12-11-20-9-5-7-17-15(3)4/h14-15,17H,5-13H2,1-4H3,(H,18,19). The molecule has 0 bridgehead atoms. The van der Waals surface area contributed by atoms with Crippen LogP contribution in [0, 0.1) is 5.92 Å². The summed E-state index contributed by atoms with van der Waals surface area (Å²) in [6, 6.07) is 0.536. The van der Waals surface area contributed by atoms with E-state index in [4.69, 9.17) is 9.47 Å². The second-order valence-corrected chi connectivity index (χ2v) is 5.99. The van der Waals surface area contributed by atoms with E-state index in [0.29, 0.717) is 44.7 Å². The summed E-state index contributed by atoms with van der Waals surface area (Å²) in [6.07, 6.45) is 2.47. The highest BCUT2D eigenvalue weighted by Crippen LogP contribution is 1.97. The molecule has 0 heterocycles. The fourth-order valence-electron chi connectivity index (χ4n) is 1.73. The molecule has 0 aromatic heterocycles. The number of rotatable bonds is 14. The predicted molar refractivity (Wildman–Crippen MR) is 86.5 cm³/mol. The van der Waals surface area contributed by atoms with Gasteiger partial charge in [0.25, 0.3) is 0 Å². The molecular formula is C16H34N2O3. The Morgan fingerprint density at radius 3 is 2.00 bits per heavy atom. The molecule has 2 N–H and O–H groups in total. The van der Waals surface area contributed by atoms with Crippen LogP contribution in [0.4, 0.5) is 0 Å². The minimum atomic E-state index is 0.128. The third-order valence-electron chi connectivity index (χ3n) is 2.77. The monoisotopic (exact) mass is 302 g/mol. The summed E-state index contributed by atoms with van der Waals surface area (Å²) < 4.78 is 10.9. The van der Waals surface area contributed by atoms with Gasteiger partial charge in [-0.3, -0.25) is 4.79 Å². The van der Waals surface area contributed by atoms with Crippen molar-refractivity contribution >= 4 is 5.91 Å². The van der Waals surface area contributed by atoms with Crippen LogP contribution < -0.4 is 10.6 Å². The van der Waals surface area contributed by atoms with Crippen LogP contribution in [0.15, 0.2) is 0 Å². The summed E-state index contributed by atoms with van der Waals surface area (Å²) >= 11 is 0. The highest BCUT2D eigenvalue weighted by Gasteiger charge is 2.03. The highest BCUT2D eigenvalue weighted by atomic mass is 16.5. The summed E-state index contributed by atoms with van der Waals surface area (Å²) in [5.74, 6) is 0.539. The molecule has 5 heteroatoms. The van der Waals surface area contributed by atoms with E-state index < -0.39 is 0 Å². The molecule has 1 amide bonds. The lowest BCUT2D eigenvalue weighted by molar-refractivity contribution is -0.121. The number of carbonyl (C=O) groups is 1. The van der Waals surface area contributed by atoms with E-state index in [1.54, 1.807) is 0 Å². The maximum atomic E-state index is 11.4. The van der Waals surface area contributed by atoms with Crippen LogP contribution in [-0.4, -0.2) is 51.5 Å². The van der Waals surface area contributed by atoms with Crippen LogP contribution in [0.1, 0.15) is 47.0 Å². The molecule has 0 aliphatic heterocycles. The maximum Gasteiger partial charge on any atom is 0.220 e. The zero-order chi connectivity index (χ0) is 15.9. The second-order valence-electron chi connectivity index (χ2n) is 5.99. The lowest BCUT2D eigenvalue weighted by Crippen LogP contribution is -2.26. The van der Waals surface area contributed by atoms with Gasteiger partial charge in [-0.1, -0.05) is 27.7 Å². The molecule has 0 saturated carbocycles. The fraction of sp³-hybridized carbons (Fsp3) is 0.938. The van der Waals surface area contributed by atoms with Gasteiger partial charge in [-0.25, -0.2) is 0 Å². The highest BCUT2D eigenvalue weighted by molar-refractivity contribution is 5.75. The van der Waals surface area contributed by atoms with Crippen LogP contribution in [0.3, 0.4) is 0 Å². The zero-order valence-corrected chi connectivity index (χ0v) is 14.2. The van der Waals surface area contributed by atoms with Gasteiger partial charge >= 0.3 is 0 Å². The SMILES string of the molecule is CC(C)CC(=O)NCCCOCCOCCCNC(C)C. The zero-order valence-electron chi connectivity index (χ0n) is 14.2. The molecule has 0 unspecified atom stereocenters. The Balaban J connectivity index is 3.11. The summed E-state index contributed by atoms with van der Waals surface area (Å²) in [5.41, 5.74) is 0. The summed E-state index contributed by atoms with van der Waals surface area (Å²) in [5, 5.41) is 6.24. The van der Waals surface area contributed by atoms with Crippen molar-refractivity contribution in [3.63, 3.8) is 0 Å². The van der Waals surface area contributed by atoms with Crippen molar-refractivity contribution < 1.29 is 14.3 Å². The minimum Gasteiger partial charge on any atom is -0.379 e. The molecule has 0 spiro atoms. The van der Waals surface area contributed by atoms with Crippen LogP contribution in [0.2, 0.25) is 0 Å². The molecule has 0 fully saturated rings. The summed E-state index contributed by atoms with van der Waals surface area (Å²) in [4.78, 5) is 11.4. The number of nitrogens with one attached hydrogen (secondary N) is 2. The second kappa shape index (κ2) is 14.3. The molecule has 21 heavy (non-hydrogen) atoms. The molecular weight excluding hydrogens is 268 g/mol. The normalized spacial score (nSPS) is 11.3. The van der Waals surface area contributed by atoms with Crippen molar-refractivity contribution in [3.8, 4) is 0 Å². The number of amides is 1. The van der Waals surface area contributed by atoms with Gasteiger partial charge < -0.3 is 20.1 Å². The van der Waals surface area contributed by atoms with E-state index in [1.165, 1.54) is 0 Å². The average molecular weight is 302 g/mol. The number of carbonyl (C=O) groups excluding carboxylic acids is 1. The van der Waals surface area contributed by atoms with Gasteiger partial charge in [0.05, 0.1) is 13.2 Å². The van der Waals surface area contributed by atoms with Crippen LogP contribution in [0.5, 0.6) is 0 Å². The van der Waals surface area contributed by atoms with Crippen molar-refractivity contribution in [1.82, 2.24) is 10.6 Å². The third-order valence-corrected chi connectivity index (χ3v) is 2.77. The van der Waals surface area contributed by atoms with Gasteiger partial charge in [0.1, 0.15) is 0 Å². The Morgan fingerprint density at radius 1 is 0.905 bits per heavy atom. The Labute approximate surface area is 130 Å². The van der Waals surface area contributed by atoms with Crippen LogP contribution in [-0.2, 0) is 14.3 Å². The first kappa shape index (κ1) is 20.3. The molecule has 0 aliphatic rings. The van der Waals surface area contributed by atoms with E-state index in [1.807, 2.05) is 13.8 Å². The van der Waals surface area contributed by atoms with E-state index in [0.717, 1.165) is 26.0 Å². The Hall–Kier alpha value is -0.650.